The molecule has 0 saturated carbocycles. The van der Waals surface area contributed by atoms with E-state index in [1.807, 2.05) is 43.3 Å². The van der Waals surface area contributed by atoms with Gasteiger partial charge in [0, 0.05) is 10.5 Å². The SMILES string of the molecule is CC(N)Cc1ccc(Oc2ccc(Br)cc2Br)c(Br)c1. The number of hydrogen-bond acceptors (Lipinski definition) is 2. The molecule has 106 valence electrons. The average molecular weight is 464 g/mol. The van der Waals surface area contributed by atoms with Crippen molar-refractivity contribution >= 4 is 47.8 Å². The Bertz CT molecular complexity index is 614. The van der Waals surface area contributed by atoms with Gasteiger partial charge in [-0.3, -0.25) is 0 Å². The Morgan fingerprint density at radius 3 is 2.15 bits per heavy atom. The third-order valence-corrected chi connectivity index (χ3v) is 4.40. The van der Waals surface area contributed by atoms with Gasteiger partial charge in [0.05, 0.1) is 8.95 Å². The number of nitrogens with two attached hydrogens (primary N) is 1. The first kappa shape index (κ1) is 16.0. The molecular formula is C15H14Br3NO. The van der Waals surface area contributed by atoms with Gasteiger partial charge in [0.25, 0.3) is 0 Å². The smallest absolute Gasteiger partial charge is 0.141 e. The van der Waals surface area contributed by atoms with E-state index in [1.165, 1.54) is 5.56 Å². The van der Waals surface area contributed by atoms with Crippen LogP contribution >= 0.6 is 47.8 Å². The van der Waals surface area contributed by atoms with Crippen LogP contribution in [0.5, 0.6) is 11.5 Å². The van der Waals surface area contributed by atoms with Crippen LogP contribution < -0.4 is 10.5 Å². The van der Waals surface area contributed by atoms with Crippen molar-refractivity contribution in [3.63, 3.8) is 0 Å². The predicted octanol–water partition coefficient (Wildman–Crippen LogP) is 5.66. The summed E-state index contributed by atoms with van der Waals surface area (Å²) in [5.74, 6) is 1.55. The lowest BCUT2D eigenvalue weighted by molar-refractivity contribution is 0.476. The van der Waals surface area contributed by atoms with Crippen molar-refractivity contribution < 1.29 is 4.74 Å². The lowest BCUT2D eigenvalue weighted by atomic mass is 10.1. The molecule has 2 N–H and O–H groups in total. The average Bonchev–Trinajstić information content (AvgIpc) is 2.34. The highest BCUT2D eigenvalue weighted by atomic mass is 79.9. The first-order chi connectivity index (χ1) is 9.45. The number of rotatable bonds is 4. The van der Waals surface area contributed by atoms with E-state index in [2.05, 4.69) is 47.8 Å². The zero-order valence-electron chi connectivity index (χ0n) is 10.9. The molecule has 0 aliphatic heterocycles. The Balaban J connectivity index is 2.21. The van der Waals surface area contributed by atoms with Crippen molar-refractivity contribution in [1.29, 1.82) is 0 Å². The molecule has 0 saturated heterocycles. The van der Waals surface area contributed by atoms with Crippen LogP contribution in [0.3, 0.4) is 0 Å². The molecule has 1 unspecified atom stereocenters. The van der Waals surface area contributed by atoms with E-state index < -0.39 is 0 Å². The topological polar surface area (TPSA) is 35.2 Å². The maximum Gasteiger partial charge on any atom is 0.141 e. The maximum absolute atomic E-state index is 5.91. The largest absolute Gasteiger partial charge is 0.455 e. The third-order valence-electron chi connectivity index (χ3n) is 2.67. The van der Waals surface area contributed by atoms with Crippen LogP contribution in [0.25, 0.3) is 0 Å². The van der Waals surface area contributed by atoms with Crippen LogP contribution in [-0.4, -0.2) is 6.04 Å². The first-order valence-corrected chi connectivity index (χ1v) is 8.50. The highest BCUT2D eigenvalue weighted by Gasteiger charge is 2.08. The monoisotopic (exact) mass is 461 g/mol. The van der Waals surface area contributed by atoms with Crippen molar-refractivity contribution in [3.8, 4) is 11.5 Å². The molecule has 2 nitrogen and oxygen atoms in total. The zero-order chi connectivity index (χ0) is 14.7. The van der Waals surface area contributed by atoms with Gasteiger partial charge in [0.2, 0.25) is 0 Å². The first-order valence-electron chi connectivity index (χ1n) is 6.12. The number of ether oxygens (including phenoxy) is 1. The van der Waals surface area contributed by atoms with Gasteiger partial charge in [0.15, 0.2) is 0 Å². The Kier molecular flexibility index (Phi) is 5.66. The molecule has 1 atom stereocenters. The molecule has 0 amide bonds. The minimum atomic E-state index is 0.147. The highest BCUT2D eigenvalue weighted by Crippen LogP contribution is 2.35. The molecular weight excluding hydrogens is 450 g/mol. The number of halogens is 3. The second kappa shape index (κ2) is 7.07. The molecule has 20 heavy (non-hydrogen) atoms. The van der Waals surface area contributed by atoms with Crippen LogP contribution in [0.1, 0.15) is 12.5 Å². The quantitative estimate of drug-likeness (QED) is 0.635. The van der Waals surface area contributed by atoms with Gasteiger partial charge in [-0.15, -0.1) is 0 Å². The second-order valence-electron chi connectivity index (χ2n) is 4.62. The molecule has 0 aliphatic rings. The van der Waals surface area contributed by atoms with E-state index in [0.717, 1.165) is 31.3 Å². The van der Waals surface area contributed by atoms with Gasteiger partial charge in [-0.2, -0.15) is 0 Å². The van der Waals surface area contributed by atoms with Crippen molar-refractivity contribution in [2.24, 2.45) is 5.73 Å². The van der Waals surface area contributed by atoms with Crippen molar-refractivity contribution in [2.75, 3.05) is 0 Å². The predicted molar refractivity (Wildman–Crippen MR) is 93.4 cm³/mol. The standard InChI is InChI=1S/C15H14Br3NO/c1-9(19)6-10-2-4-14(12(17)7-10)20-15-5-3-11(16)8-13(15)18/h2-5,7-9H,6,19H2,1H3. The summed E-state index contributed by atoms with van der Waals surface area (Å²) in [6.07, 6.45) is 0.848. The van der Waals surface area contributed by atoms with Crippen LogP contribution in [0.2, 0.25) is 0 Å². The van der Waals surface area contributed by atoms with Crippen molar-refractivity contribution in [1.82, 2.24) is 0 Å². The fourth-order valence-electron chi connectivity index (χ4n) is 1.80. The van der Waals surface area contributed by atoms with Gasteiger partial charge < -0.3 is 10.5 Å². The Hall–Kier alpha value is -0.360. The fraction of sp³-hybridized carbons (Fsp3) is 0.200. The molecule has 0 spiro atoms. The van der Waals surface area contributed by atoms with Gasteiger partial charge >= 0.3 is 0 Å². The molecule has 2 aromatic rings. The molecule has 0 radical (unpaired) electrons. The lowest BCUT2D eigenvalue weighted by Gasteiger charge is -2.12. The van der Waals surface area contributed by atoms with Crippen molar-refractivity contribution in [2.45, 2.75) is 19.4 Å². The molecule has 0 bridgehead atoms. The fourth-order valence-corrected chi connectivity index (χ4v) is 3.44. The molecule has 0 aromatic heterocycles. The van der Waals surface area contributed by atoms with E-state index >= 15 is 0 Å². The maximum atomic E-state index is 5.91. The van der Waals surface area contributed by atoms with Crippen LogP contribution in [0.15, 0.2) is 49.8 Å². The number of benzene rings is 2. The summed E-state index contributed by atoms with van der Waals surface area (Å²) in [4.78, 5) is 0. The van der Waals surface area contributed by atoms with Crippen LogP contribution in [0, 0.1) is 0 Å². The number of hydrogen-bond donors (Lipinski definition) is 1. The Morgan fingerprint density at radius 2 is 1.60 bits per heavy atom. The normalized spacial score (nSPS) is 12.2. The molecule has 0 aliphatic carbocycles. The third kappa shape index (κ3) is 4.32. The molecule has 2 aromatic carbocycles. The highest BCUT2D eigenvalue weighted by molar-refractivity contribution is 9.11. The van der Waals surface area contributed by atoms with Gasteiger partial charge in [-0.1, -0.05) is 22.0 Å². The molecule has 2 rings (SSSR count). The van der Waals surface area contributed by atoms with Gasteiger partial charge in [-0.05, 0) is 81.1 Å². The second-order valence-corrected chi connectivity index (χ2v) is 7.25. The Labute approximate surface area is 144 Å². The summed E-state index contributed by atoms with van der Waals surface area (Å²) in [5.41, 5.74) is 7.00. The van der Waals surface area contributed by atoms with E-state index in [1.54, 1.807) is 0 Å². The summed E-state index contributed by atoms with van der Waals surface area (Å²) < 4.78 is 8.73. The van der Waals surface area contributed by atoms with E-state index in [4.69, 9.17) is 10.5 Å². The minimum Gasteiger partial charge on any atom is -0.455 e. The summed E-state index contributed by atoms with van der Waals surface area (Å²) >= 11 is 10.5. The van der Waals surface area contributed by atoms with Gasteiger partial charge in [0.1, 0.15) is 11.5 Å². The van der Waals surface area contributed by atoms with Crippen LogP contribution in [-0.2, 0) is 6.42 Å². The zero-order valence-corrected chi connectivity index (χ0v) is 15.6. The molecule has 0 heterocycles. The summed E-state index contributed by atoms with van der Waals surface area (Å²) in [6, 6.07) is 12.0. The van der Waals surface area contributed by atoms with E-state index in [9.17, 15) is 0 Å². The van der Waals surface area contributed by atoms with Crippen molar-refractivity contribution in [3.05, 3.63) is 55.4 Å². The summed E-state index contributed by atoms with van der Waals surface area (Å²) in [5, 5.41) is 0. The Morgan fingerprint density at radius 1 is 1.00 bits per heavy atom. The van der Waals surface area contributed by atoms with Crippen LogP contribution in [0.4, 0.5) is 0 Å². The molecule has 5 heteroatoms. The summed E-state index contributed by atoms with van der Waals surface area (Å²) in [6.45, 7) is 2.00. The minimum absolute atomic E-state index is 0.147. The lowest BCUT2D eigenvalue weighted by Crippen LogP contribution is -2.17. The molecule has 0 fully saturated rings. The van der Waals surface area contributed by atoms with E-state index in [-0.39, 0.29) is 6.04 Å². The summed E-state index contributed by atoms with van der Waals surface area (Å²) in [7, 11) is 0. The van der Waals surface area contributed by atoms with E-state index in [0.29, 0.717) is 0 Å². The van der Waals surface area contributed by atoms with Gasteiger partial charge in [-0.25, -0.2) is 0 Å².